The first-order chi connectivity index (χ1) is 10.6. The van der Waals surface area contributed by atoms with Crippen molar-refractivity contribution in [2.45, 2.75) is 88.9 Å². The maximum absolute atomic E-state index is 11.2. The molecule has 2 saturated carbocycles. The number of hydrogen-bond acceptors (Lipinski definition) is 4. The quantitative estimate of drug-likeness (QED) is 0.703. The molecule has 0 unspecified atom stereocenters. The van der Waals surface area contributed by atoms with Gasteiger partial charge < -0.3 is 20.7 Å². The van der Waals surface area contributed by atoms with Gasteiger partial charge in [0.2, 0.25) is 0 Å². The highest BCUT2D eigenvalue weighted by Gasteiger charge is 2.36. The molecule has 22 heavy (non-hydrogen) atoms. The van der Waals surface area contributed by atoms with Crippen LogP contribution >= 0.6 is 0 Å². The molecule has 0 heterocycles. The standard InChI is InChI=1S/C17H31NO4/c18-17(21)22-14(11-12-7-3-1-4-8-12)16(20)15(19)13-9-5-2-6-10-13/h12-16,19-20H,1-11H2,(H2,18,21)/t14-,15-,16-/m0/s1. The average molecular weight is 313 g/mol. The van der Waals surface area contributed by atoms with Crippen molar-refractivity contribution in [2.75, 3.05) is 0 Å². The molecule has 2 aliphatic carbocycles. The number of rotatable bonds is 6. The average Bonchev–Trinajstić information content (AvgIpc) is 2.54. The Hall–Kier alpha value is -0.810. The zero-order valence-electron chi connectivity index (χ0n) is 13.5. The van der Waals surface area contributed by atoms with Crippen LogP contribution in [0.2, 0.25) is 0 Å². The van der Waals surface area contributed by atoms with E-state index in [1.807, 2.05) is 0 Å². The number of amides is 1. The van der Waals surface area contributed by atoms with E-state index in [0.717, 1.165) is 38.5 Å². The lowest BCUT2D eigenvalue weighted by molar-refractivity contribution is -0.0944. The molecule has 0 aromatic rings. The fraction of sp³-hybridized carbons (Fsp3) is 0.941. The Morgan fingerprint density at radius 2 is 1.55 bits per heavy atom. The van der Waals surface area contributed by atoms with E-state index in [4.69, 9.17) is 10.5 Å². The maximum Gasteiger partial charge on any atom is 0.404 e. The maximum atomic E-state index is 11.2. The molecular formula is C17H31NO4. The van der Waals surface area contributed by atoms with E-state index in [2.05, 4.69) is 0 Å². The highest BCUT2D eigenvalue weighted by Crippen LogP contribution is 2.32. The van der Waals surface area contributed by atoms with Crippen LogP contribution in [0.15, 0.2) is 0 Å². The number of carbonyl (C=O) groups is 1. The Bertz CT molecular complexity index is 338. The van der Waals surface area contributed by atoms with E-state index in [-0.39, 0.29) is 5.92 Å². The molecule has 0 bridgehead atoms. The van der Waals surface area contributed by atoms with E-state index in [1.54, 1.807) is 0 Å². The second-order valence-electron chi connectivity index (χ2n) is 7.09. The third-order valence-corrected chi connectivity index (χ3v) is 5.42. The number of nitrogens with two attached hydrogens (primary N) is 1. The first-order valence-corrected chi connectivity index (χ1v) is 8.90. The van der Waals surface area contributed by atoms with Gasteiger partial charge in [-0.15, -0.1) is 0 Å². The van der Waals surface area contributed by atoms with Gasteiger partial charge in [0.15, 0.2) is 0 Å². The van der Waals surface area contributed by atoms with E-state index in [1.165, 1.54) is 25.7 Å². The Labute approximate surface area is 133 Å². The molecule has 0 aromatic heterocycles. The predicted molar refractivity (Wildman–Crippen MR) is 84.2 cm³/mol. The number of aliphatic hydroxyl groups is 2. The Balaban J connectivity index is 1.94. The van der Waals surface area contributed by atoms with Gasteiger partial charge >= 0.3 is 6.09 Å². The third-order valence-electron chi connectivity index (χ3n) is 5.42. The summed E-state index contributed by atoms with van der Waals surface area (Å²) in [6.07, 6.45) is 8.30. The van der Waals surface area contributed by atoms with Crippen LogP contribution in [-0.4, -0.2) is 34.6 Å². The highest BCUT2D eigenvalue weighted by molar-refractivity contribution is 5.64. The van der Waals surface area contributed by atoms with Crippen LogP contribution in [0.1, 0.15) is 70.6 Å². The van der Waals surface area contributed by atoms with Gasteiger partial charge in [-0.1, -0.05) is 51.4 Å². The topological polar surface area (TPSA) is 92.8 Å². The van der Waals surface area contributed by atoms with Crippen LogP contribution in [0.5, 0.6) is 0 Å². The monoisotopic (exact) mass is 313 g/mol. The summed E-state index contributed by atoms with van der Waals surface area (Å²) >= 11 is 0. The molecule has 5 heteroatoms. The molecule has 1 amide bonds. The Morgan fingerprint density at radius 3 is 2.09 bits per heavy atom. The van der Waals surface area contributed by atoms with Crippen LogP contribution < -0.4 is 5.73 Å². The van der Waals surface area contributed by atoms with Gasteiger partial charge in [0, 0.05) is 0 Å². The number of hydrogen-bond donors (Lipinski definition) is 3. The van der Waals surface area contributed by atoms with Crippen molar-refractivity contribution < 1.29 is 19.7 Å². The second-order valence-corrected chi connectivity index (χ2v) is 7.09. The normalized spacial score (nSPS) is 25.4. The molecule has 0 saturated heterocycles. The van der Waals surface area contributed by atoms with E-state index in [0.29, 0.717) is 12.3 Å². The van der Waals surface area contributed by atoms with Crippen molar-refractivity contribution in [1.29, 1.82) is 0 Å². The number of aliphatic hydroxyl groups excluding tert-OH is 2. The molecule has 0 aromatic carbocycles. The van der Waals surface area contributed by atoms with Gasteiger partial charge in [-0.3, -0.25) is 0 Å². The molecule has 3 atom stereocenters. The second kappa shape index (κ2) is 8.73. The number of primary amides is 1. The lowest BCUT2D eigenvalue weighted by atomic mass is 9.79. The Kier molecular flexibility index (Phi) is 6.96. The smallest absolute Gasteiger partial charge is 0.404 e. The molecule has 2 aliphatic rings. The number of ether oxygens (including phenoxy) is 1. The summed E-state index contributed by atoms with van der Waals surface area (Å²) in [4.78, 5) is 11.2. The summed E-state index contributed by atoms with van der Waals surface area (Å²) in [6.45, 7) is 0. The van der Waals surface area contributed by atoms with Crippen LogP contribution in [0.3, 0.4) is 0 Å². The van der Waals surface area contributed by atoms with Crippen molar-refractivity contribution in [3.63, 3.8) is 0 Å². The van der Waals surface area contributed by atoms with Crippen LogP contribution in [-0.2, 0) is 4.74 Å². The molecule has 5 nitrogen and oxygen atoms in total. The summed E-state index contributed by atoms with van der Waals surface area (Å²) in [5.41, 5.74) is 5.16. The van der Waals surface area contributed by atoms with Gasteiger partial charge in [0.05, 0.1) is 6.10 Å². The minimum absolute atomic E-state index is 0.106. The summed E-state index contributed by atoms with van der Waals surface area (Å²) < 4.78 is 5.16. The van der Waals surface area contributed by atoms with Crippen LogP contribution in [0, 0.1) is 11.8 Å². The lowest BCUT2D eigenvalue weighted by Gasteiger charge is -2.35. The summed E-state index contributed by atoms with van der Waals surface area (Å²) in [5.74, 6) is 0.556. The minimum Gasteiger partial charge on any atom is -0.444 e. The van der Waals surface area contributed by atoms with Gasteiger partial charge in [0.1, 0.15) is 12.2 Å². The molecule has 0 radical (unpaired) electrons. The summed E-state index contributed by atoms with van der Waals surface area (Å²) in [6, 6.07) is 0. The fourth-order valence-corrected chi connectivity index (χ4v) is 4.13. The van der Waals surface area contributed by atoms with E-state index >= 15 is 0 Å². The molecule has 0 aliphatic heterocycles. The van der Waals surface area contributed by atoms with Crippen molar-refractivity contribution >= 4 is 6.09 Å². The van der Waals surface area contributed by atoms with Crippen molar-refractivity contribution in [1.82, 2.24) is 0 Å². The highest BCUT2D eigenvalue weighted by atomic mass is 16.6. The first-order valence-electron chi connectivity index (χ1n) is 8.90. The zero-order valence-corrected chi connectivity index (χ0v) is 13.5. The summed E-state index contributed by atoms with van der Waals surface area (Å²) in [7, 11) is 0. The predicted octanol–water partition coefficient (Wildman–Crippen LogP) is 2.72. The molecule has 2 fully saturated rings. The molecule has 128 valence electrons. The lowest BCUT2D eigenvalue weighted by Crippen LogP contribution is -2.46. The molecule has 4 N–H and O–H groups in total. The molecular weight excluding hydrogens is 282 g/mol. The van der Waals surface area contributed by atoms with Crippen molar-refractivity contribution in [3.8, 4) is 0 Å². The van der Waals surface area contributed by atoms with E-state index < -0.39 is 24.4 Å². The summed E-state index contributed by atoms with van der Waals surface area (Å²) in [5, 5.41) is 21.0. The van der Waals surface area contributed by atoms with Crippen LogP contribution in [0.25, 0.3) is 0 Å². The largest absolute Gasteiger partial charge is 0.444 e. The van der Waals surface area contributed by atoms with Crippen molar-refractivity contribution in [3.05, 3.63) is 0 Å². The Morgan fingerprint density at radius 1 is 1.00 bits per heavy atom. The molecule has 0 spiro atoms. The van der Waals surface area contributed by atoms with E-state index in [9.17, 15) is 15.0 Å². The van der Waals surface area contributed by atoms with Crippen molar-refractivity contribution in [2.24, 2.45) is 17.6 Å². The molecule has 2 rings (SSSR count). The van der Waals surface area contributed by atoms with Gasteiger partial charge in [-0.2, -0.15) is 0 Å². The fourth-order valence-electron chi connectivity index (χ4n) is 4.13. The van der Waals surface area contributed by atoms with Gasteiger partial charge in [-0.25, -0.2) is 4.79 Å². The third kappa shape index (κ3) is 5.13. The zero-order chi connectivity index (χ0) is 15.9. The van der Waals surface area contributed by atoms with Gasteiger partial charge in [0.25, 0.3) is 0 Å². The van der Waals surface area contributed by atoms with Crippen LogP contribution in [0.4, 0.5) is 4.79 Å². The first kappa shape index (κ1) is 17.5. The minimum atomic E-state index is -1.03. The SMILES string of the molecule is NC(=O)O[C@@H](CC1CCCCC1)[C@H](O)[C@@H](O)C1CCCCC1. The number of carbonyl (C=O) groups excluding carboxylic acids is 1. The van der Waals surface area contributed by atoms with Gasteiger partial charge in [-0.05, 0) is 31.1 Å².